The van der Waals surface area contributed by atoms with Gasteiger partial charge in [-0.1, -0.05) is 224 Å². The summed E-state index contributed by atoms with van der Waals surface area (Å²) in [5.74, 6) is -0.128. The van der Waals surface area contributed by atoms with E-state index in [-0.39, 0.29) is 18.5 Å². The van der Waals surface area contributed by atoms with Crippen molar-refractivity contribution >= 4 is 11.9 Å². The molecule has 364 valence electrons. The van der Waals surface area contributed by atoms with E-state index in [0.717, 1.165) is 83.5 Å². The van der Waals surface area contributed by atoms with Crippen molar-refractivity contribution in [3.63, 3.8) is 0 Å². The average molecular weight is 872 g/mol. The van der Waals surface area contributed by atoms with Gasteiger partial charge >= 0.3 is 5.97 Å². The second kappa shape index (κ2) is 51.7. The van der Waals surface area contributed by atoms with Crippen LogP contribution in [0.25, 0.3) is 0 Å². The Kier molecular flexibility index (Phi) is 50.1. The van der Waals surface area contributed by atoms with E-state index in [1.807, 2.05) is 6.08 Å². The first-order chi connectivity index (χ1) is 30.5. The standard InChI is InChI=1S/C56H105NO5/c1-3-5-7-9-11-13-15-16-17-18-19-20-21-22-23-24-25-29-32-36-40-44-48-54(59)53(52-58)57-55(60)49-45-41-37-33-30-26-27-31-35-39-43-47-51-62-56(61)50-46-42-38-34-28-14-12-10-8-6-4-2/h10,12,27,31,44,48,53-54,58-59H,3-9,11,13-26,28-30,32-43,45-47,49-52H2,1-2H3,(H,57,60)/b12-10-,31-27-,48-44+. The molecular weight excluding hydrogens is 767 g/mol. The molecule has 0 aliphatic rings. The van der Waals surface area contributed by atoms with Crippen LogP contribution in [0.1, 0.15) is 284 Å². The zero-order chi connectivity index (χ0) is 45.1. The Labute approximate surface area is 385 Å². The third kappa shape index (κ3) is 47.6. The molecule has 2 atom stereocenters. The van der Waals surface area contributed by atoms with Gasteiger partial charge in [0, 0.05) is 12.8 Å². The molecule has 0 aromatic rings. The van der Waals surface area contributed by atoms with Crippen LogP contribution >= 0.6 is 0 Å². The number of aliphatic hydroxyl groups excluding tert-OH is 2. The lowest BCUT2D eigenvalue weighted by atomic mass is 10.0. The summed E-state index contributed by atoms with van der Waals surface area (Å²) in [7, 11) is 0. The van der Waals surface area contributed by atoms with E-state index in [2.05, 4.69) is 43.5 Å². The fourth-order valence-electron chi connectivity index (χ4n) is 8.14. The lowest BCUT2D eigenvalue weighted by Crippen LogP contribution is -2.45. The van der Waals surface area contributed by atoms with Crippen LogP contribution in [0.15, 0.2) is 36.5 Å². The van der Waals surface area contributed by atoms with Gasteiger partial charge in [0.25, 0.3) is 0 Å². The summed E-state index contributed by atoms with van der Waals surface area (Å²) < 4.78 is 5.42. The number of nitrogens with one attached hydrogen (secondary N) is 1. The predicted octanol–water partition coefficient (Wildman–Crippen LogP) is 16.5. The highest BCUT2D eigenvalue weighted by atomic mass is 16.5. The quantitative estimate of drug-likeness (QED) is 0.0321. The number of rotatable bonds is 50. The highest BCUT2D eigenvalue weighted by molar-refractivity contribution is 5.76. The second-order valence-corrected chi connectivity index (χ2v) is 18.5. The maximum absolute atomic E-state index is 12.5. The fourth-order valence-corrected chi connectivity index (χ4v) is 8.14. The molecule has 6 nitrogen and oxygen atoms in total. The van der Waals surface area contributed by atoms with Gasteiger partial charge < -0.3 is 20.3 Å². The molecule has 6 heteroatoms. The average Bonchev–Trinajstić information content (AvgIpc) is 3.27. The minimum Gasteiger partial charge on any atom is -0.466 e. The Morgan fingerprint density at radius 1 is 0.435 bits per heavy atom. The van der Waals surface area contributed by atoms with Crippen LogP contribution in [0.3, 0.4) is 0 Å². The van der Waals surface area contributed by atoms with E-state index in [1.165, 1.54) is 173 Å². The van der Waals surface area contributed by atoms with Crippen LogP contribution in [-0.2, 0) is 14.3 Å². The van der Waals surface area contributed by atoms with Crippen LogP contribution in [0.2, 0.25) is 0 Å². The smallest absolute Gasteiger partial charge is 0.305 e. The third-order valence-electron chi connectivity index (χ3n) is 12.4. The van der Waals surface area contributed by atoms with Gasteiger partial charge in [0.1, 0.15) is 0 Å². The number of esters is 1. The Balaban J connectivity index is 3.55. The van der Waals surface area contributed by atoms with Gasteiger partial charge in [-0.05, 0) is 83.5 Å². The van der Waals surface area contributed by atoms with E-state index in [1.54, 1.807) is 6.08 Å². The zero-order valence-corrected chi connectivity index (χ0v) is 41.4. The van der Waals surface area contributed by atoms with Gasteiger partial charge in [-0.15, -0.1) is 0 Å². The summed E-state index contributed by atoms with van der Waals surface area (Å²) >= 11 is 0. The lowest BCUT2D eigenvalue weighted by molar-refractivity contribution is -0.143. The molecule has 0 aromatic heterocycles. The van der Waals surface area contributed by atoms with Gasteiger partial charge in [0.05, 0.1) is 25.4 Å². The molecule has 0 radical (unpaired) electrons. The van der Waals surface area contributed by atoms with Crippen molar-refractivity contribution in [2.24, 2.45) is 0 Å². The number of allylic oxidation sites excluding steroid dienone is 5. The zero-order valence-electron chi connectivity index (χ0n) is 41.4. The van der Waals surface area contributed by atoms with Crippen LogP contribution in [-0.4, -0.2) is 47.4 Å². The SMILES string of the molecule is CCCC/C=C\CCCCCCCC(=O)OCCCCC/C=C\CCCCCCCC(=O)NC(CO)C(O)/C=C/CCCCCCCCCCCCCCCCCCCCCC. The molecule has 0 aliphatic carbocycles. The molecule has 0 spiro atoms. The molecule has 0 fully saturated rings. The first kappa shape index (κ1) is 60.1. The van der Waals surface area contributed by atoms with Gasteiger partial charge in [-0.2, -0.15) is 0 Å². The van der Waals surface area contributed by atoms with Crippen molar-refractivity contribution in [2.75, 3.05) is 13.2 Å². The number of ether oxygens (including phenoxy) is 1. The van der Waals surface area contributed by atoms with Crippen molar-refractivity contribution in [1.82, 2.24) is 5.32 Å². The maximum Gasteiger partial charge on any atom is 0.305 e. The first-order valence-corrected chi connectivity index (χ1v) is 27.3. The molecule has 1 amide bonds. The van der Waals surface area contributed by atoms with Crippen molar-refractivity contribution < 1.29 is 24.5 Å². The summed E-state index contributed by atoms with van der Waals surface area (Å²) in [5.41, 5.74) is 0. The van der Waals surface area contributed by atoms with Crippen LogP contribution in [0, 0.1) is 0 Å². The molecule has 0 aliphatic heterocycles. The highest BCUT2D eigenvalue weighted by Crippen LogP contribution is 2.16. The van der Waals surface area contributed by atoms with Gasteiger partial charge in [-0.3, -0.25) is 9.59 Å². The van der Waals surface area contributed by atoms with Crippen LogP contribution in [0.5, 0.6) is 0 Å². The van der Waals surface area contributed by atoms with Gasteiger partial charge in [-0.25, -0.2) is 0 Å². The Bertz CT molecular complexity index is 1010. The first-order valence-electron chi connectivity index (χ1n) is 27.3. The summed E-state index contributed by atoms with van der Waals surface area (Å²) in [6, 6.07) is -0.648. The Hall–Kier alpha value is -1.92. The molecule has 62 heavy (non-hydrogen) atoms. The number of hydrogen-bond donors (Lipinski definition) is 3. The second-order valence-electron chi connectivity index (χ2n) is 18.5. The molecule has 0 aromatic carbocycles. The molecule has 0 heterocycles. The molecule has 3 N–H and O–H groups in total. The molecule has 0 saturated heterocycles. The van der Waals surface area contributed by atoms with E-state index in [4.69, 9.17) is 4.74 Å². The van der Waals surface area contributed by atoms with Gasteiger partial charge in [0.2, 0.25) is 5.91 Å². The minimum absolute atomic E-state index is 0.0355. The van der Waals surface area contributed by atoms with E-state index in [9.17, 15) is 19.8 Å². The van der Waals surface area contributed by atoms with Crippen molar-refractivity contribution in [3.8, 4) is 0 Å². The predicted molar refractivity (Wildman–Crippen MR) is 269 cm³/mol. The molecule has 0 bridgehead atoms. The minimum atomic E-state index is -0.862. The molecular formula is C56H105NO5. The highest BCUT2D eigenvalue weighted by Gasteiger charge is 2.18. The number of aliphatic hydroxyl groups is 2. The van der Waals surface area contributed by atoms with Crippen molar-refractivity contribution in [1.29, 1.82) is 0 Å². The lowest BCUT2D eigenvalue weighted by Gasteiger charge is -2.20. The normalized spacial score (nSPS) is 12.9. The summed E-state index contributed by atoms with van der Waals surface area (Å²) in [6.45, 7) is 4.81. The number of hydrogen-bond acceptors (Lipinski definition) is 5. The van der Waals surface area contributed by atoms with Crippen molar-refractivity contribution in [3.05, 3.63) is 36.5 Å². The monoisotopic (exact) mass is 872 g/mol. The van der Waals surface area contributed by atoms with E-state index >= 15 is 0 Å². The number of amides is 1. The summed E-state index contributed by atoms with van der Waals surface area (Å²) in [4.78, 5) is 24.4. The maximum atomic E-state index is 12.5. The molecule has 2 unspecified atom stereocenters. The summed E-state index contributed by atoms with van der Waals surface area (Å²) in [6.07, 6.45) is 63.0. The molecule has 0 rings (SSSR count). The van der Waals surface area contributed by atoms with E-state index in [0.29, 0.717) is 19.4 Å². The van der Waals surface area contributed by atoms with E-state index < -0.39 is 12.1 Å². The fraction of sp³-hybridized carbons (Fsp3) is 0.857. The number of carbonyl (C=O) groups is 2. The number of unbranched alkanes of at least 4 members (excludes halogenated alkanes) is 35. The Morgan fingerprint density at radius 2 is 0.774 bits per heavy atom. The van der Waals surface area contributed by atoms with Gasteiger partial charge in [0.15, 0.2) is 0 Å². The largest absolute Gasteiger partial charge is 0.466 e. The van der Waals surface area contributed by atoms with Crippen molar-refractivity contribution in [2.45, 2.75) is 296 Å². The number of carbonyl (C=O) groups excluding carboxylic acids is 2. The topological polar surface area (TPSA) is 95.9 Å². The summed E-state index contributed by atoms with van der Waals surface area (Å²) in [5, 5.41) is 23.1. The molecule has 0 saturated carbocycles. The van der Waals surface area contributed by atoms with Crippen LogP contribution in [0.4, 0.5) is 0 Å². The third-order valence-corrected chi connectivity index (χ3v) is 12.4. The van der Waals surface area contributed by atoms with Crippen LogP contribution < -0.4 is 5.32 Å². The Morgan fingerprint density at radius 3 is 1.19 bits per heavy atom.